The molecular formula is C27H52O5. The zero-order valence-electron chi connectivity index (χ0n) is 22.0. The number of hydrogen-bond donors (Lipinski definition) is 1. The average molecular weight is 457 g/mol. The summed E-state index contributed by atoms with van der Waals surface area (Å²) in [6.07, 6.45) is 14.5. The summed E-state index contributed by atoms with van der Waals surface area (Å²) in [5, 5.41) is 10.2. The van der Waals surface area contributed by atoms with Gasteiger partial charge in [-0.1, -0.05) is 64.2 Å². The Kier molecular flexibility index (Phi) is 16.8. The third-order valence-corrected chi connectivity index (χ3v) is 6.33. The summed E-state index contributed by atoms with van der Waals surface area (Å²) < 4.78 is 10.3. The van der Waals surface area contributed by atoms with Gasteiger partial charge in [-0.3, -0.25) is 9.59 Å². The summed E-state index contributed by atoms with van der Waals surface area (Å²) in [7, 11) is 0. The van der Waals surface area contributed by atoms with E-state index in [1.54, 1.807) is 0 Å². The molecule has 0 aliphatic carbocycles. The van der Waals surface area contributed by atoms with Gasteiger partial charge < -0.3 is 14.6 Å². The maximum absolute atomic E-state index is 11.9. The number of esters is 2. The number of carbonyl (C=O) groups excluding carboxylic acids is 2. The van der Waals surface area contributed by atoms with Crippen LogP contribution in [-0.2, 0) is 19.1 Å². The van der Waals surface area contributed by atoms with Crippen LogP contribution in [0.3, 0.4) is 0 Å². The number of unbranched alkanes of at least 4 members (excludes halogenated alkanes) is 8. The van der Waals surface area contributed by atoms with E-state index in [9.17, 15) is 14.7 Å². The second-order valence-corrected chi connectivity index (χ2v) is 10.5. The van der Waals surface area contributed by atoms with Crippen LogP contribution in [0.25, 0.3) is 0 Å². The molecule has 0 saturated carbocycles. The molecule has 0 fully saturated rings. The molecule has 0 aromatic heterocycles. The lowest BCUT2D eigenvalue weighted by atomic mass is 9.87. The lowest BCUT2D eigenvalue weighted by molar-refractivity contribution is -0.154. The first kappa shape index (κ1) is 30.9. The number of rotatable bonds is 20. The lowest BCUT2D eigenvalue weighted by Gasteiger charge is -2.22. The number of carbonyl (C=O) groups is 2. The average Bonchev–Trinajstić information content (AvgIpc) is 2.72. The maximum atomic E-state index is 11.9. The molecule has 0 aromatic carbocycles. The molecule has 0 saturated heterocycles. The maximum Gasteiger partial charge on any atom is 0.311 e. The number of aliphatic hydroxyl groups is 1. The van der Waals surface area contributed by atoms with Crippen molar-refractivity contribution in [3.05, 3.63) is 0 Å². The van der Waals surface area contributed by atoms with Crippen molar-refractivity contribution < 1.29 is 24.2 Å². The molecule has 0 aliphatic rings. The van der Waals surface area contributed by atoms with Crippen LogP contribution >= 0.6 is 0 Å². The van der Waals surface area contributed by atoms with Crippen LogP contribution in [0.2, 0.25) is 0 Å². The van der Waals surface area contributed by atoms with Gasteiger partial charge in [0, 0.05) is 0 Å². The van der Waals surface area contributed by atoms with E-state index in [2.05, 4.69) is 0 Å². The van der Waals surface area contributed by atoms with Gasteiger partial charge >= 0.3 is 11.9 Å². The largest absolute Gasteiger partial charge is 0.466 e. The number of ether oxygens (including phenoxy) is 2. The Morgan fingerprint density at radius 2 is 0.938 bits per heavy atom. The molecule has 32 heavy (non-hydrogen) atoms. The smallest absolute Gasteiger partial charge is 0.311 e. The van der Waals surface area contributed by atoms with Gasteiger partial charge in [0.1, 0.15) is 0 Å². The Morgan fingerprint density at radius 3 is 1.28 bits per heavy atom. The Bertz CT molecular complexity index is 454. The van der Waals surface area contributed by atoms with Gasteiger partial charge in [-0.15, -0.1) is 0 Å². The summed E-state index contributed by atoms with van der Waals surface area (Å²) in [6.45, 7) is 12.4. The van der Waals surface area contributed by atoms with Crippen LogP contribution in [0, 0.1) is 10.8 Å². The molecule has 190 valence electrons. The van der Waals surface area contributed by atoms with Crippen LogP contribution < -0.4 is 0 Å². The van der Waals surface area contributed by atoms with Crippen molar-refractivity contribution in [2.45, 2.75) is 138 Å². The van der Waals surface area contributed by atoms with Crippen LogP contribution in [0.5, 0.6) is 0 Å². The number of aliphatic hydroxyl groups excluding tert-OH is 1. The van der Waals surface area contributed by atoms with Crippen molar-refractivity contribution >= 4 is 11.9 Å². The summed E-state index contributed by atoms with van der Waals surface area (Å²) >= 11 is 0. The highest BCUT2D eigenvalue weighted by atomic mass is 16.5. The minimum atomic E-state index is -0.386. The van der Waals surface area contributed by atoms with Crippen LogP contribution in [0.1, 0.15) is 131 Å². The molecular weight excluding hydrogens is 404 g/mol. The van der Waals surface area contributed by atoms with E-state index in [1.807, 2.05) is 41.5 Å². The van der Waals surface area contributed by atoms with E-state index >= 15 is 0 Å². The van der Waals surface area contributed by atoms with Gasteiger partial charge in [-0.25, -0.2) is 0 Å². The monoisotopic (exact) mass is 456 g/mol. The number of hydrogen-bond acceptors (Lipinski definition) is 5. The highest BCUT2D eigenvalue weighted by Gasteiger charge is 2.29. The molecule has 0 aromatic rings. The Hall–Kier alpha value is -1.10. The Labute approximate surface area is 198 Å². The zero-order chi connectivity index (χ0) is 24.5. The van der Waals surface area contributed by atoms with E-state index in [0.29, 0.717) is 13.2 Å². The lowest BCUT2D eigenvalue weighted by Crippen LogP contribution is -2.26. The fraction of sp³-hybridized carbons (Fsp3) is 0.926. The second kappa shape index (κ2) is 17.4. The molecule has 0 atom stereocenters. The zero-order valence-corrected chi connectivity index (χ0v) is 22.0. The Morgan fingerprint density at radius 1 is 0.625 bits per heavy atom. The first-order valence-electron chi connectivity index (χ1n) is 13.1. The van der Waals surface area contributed by atoms with E-state index in [0.717, 1.165) is 89.9 Å². The van der Waals surface area contributed by atoms with Crippen LogP contribution in [0.15, 0.2) is 0 Å². The first-order valence-corrected chi connectivity index (χ1v) is 13.1. The van der Waals surface area contributed by atoms with Gasteiger partial charge in [-0.05, 0) is 67.2 Å². The summed E-state index contributed by atoms with van der Waals surface area (Å²) in [5.41, 5.74) is -0.771. The minimum absolute atomic E-state index is 0.0939. The molecule has 0 heterocycles. The predicted molar refractivity (Wildman–Crippen MR) is 131 cm³/mol. The van der Waals surface area contributed by atoms with Gasteiger partial charge in [0.2, 0.25) is 0 Å². The van der Waals surface area contributed by atoms with Gasteiger partial charge in [0.25, 0.3) is 0 Å². The van der Waals surface area contributed by atoms with E-state index in [4.69, 9.17) is 9.47 Å². The first-order chi connectivity index (χ1) is 15.1. The Balaban J connectivity index is 3.60. The molecule has 5 heteroatoms. The quantitative estimate of drug-likeness (QED) is 0.158. The minimum Gasteiger partial charge on any atom is -0.466 e. The predicted octanol–water partition coefficient (Wildman–Crippen LogP) is 6.99. The van der Waals surface area contributed by atoms with Crippen molar-refractivity contribution in [2.24, 2.45) is 10.8 Å². The van der Waals surface area contributed by atoms with E-state index in [1.165, 1.54) is 0 Å². The summed E-state index contributed by atoms with van der Waals surface area (Å²) in [6, 6.07) is 0. The third kappa shape index (κ3) is 14.9. The third-order valence-electron chi connectivity index (χ3n) is 6.33. The van der Waals surface area contributed by atoms with Crippen molar-refractivity contribution in [1.82, 2.24) is 0 Å². The SMILES string of the molecule is CCOC(=O)C(C)(C)CCCCCCCC(O)CCCCCCCC(C)(C)C(=O)OCC. The molecule has 0 bridgehead atoms. The van der Waals surface area contributed by atoms with Crippen LogP contribution in [-0.4, -0.2) is 36.4 Å². The summed E-state index contributed by atoms with van der Waals surface area (Å²) in [5.74, 6) is -0.188. The molecule has 0 amide bonds. The fourth-order valence-corrected chi connectivity index (χ4v) is 3.96. The molecule has 0 rings (SSSR count). The van der Waals surface area contributed by atoms with Crippen molar-refractivity contribution in [3.8, 4) is 0 Å². The highest BCUT2D eigenvalue weighted by molar-refractivity contribution is 5.76. The molecule has 0 unspecified atom stereocenters. The molecule has 0 aliphatic heterocycles. The van der Waals surface area contributed by atoms with E-state index < -0.39 is 0 Å². The van der Waals surface area contributed by atoms with Gasteiger partial charge in [0.05, 0.1) is 30.1 Å². The molecule has 0 spiro atoms. The molecule has 5 nitrogen and oxygen atoms in total. The topological polar surface area (TPSA) is 72.8 Å². The van der Waals surface area contributed by atoms with Gasteiger partial charge in [-0.2, -0.15) is 0 Å². The van der Waals surface area contributed by atoms with Crippen molar-refractivity contribution in [3.63, 3.8) is 0 Å². The van der Waals surface area contributed by atoms with Crippen LogP contribution in [0.4, 0.5) is 0 Å². The standard InChI is InChI=1S/C27H52O5/c1-7-31-24(29)26(3,4)21-17-13-9-11-15-19-23(28)20-16-12-10-14-18-22-27(5,6)25(30)32-8-2/h23,28H,7-22H2,1-6H3. The second-order valence-electron chi connectivity index (χ2n) is 10.5. The van der Waals surface area contributed by atoms with Gasteiger partial charge in [0.15, 0.2) is 0 Å². The molecule has 0 radical (unpaired) electrons. The van der Waals surface area contributed by atoms with Crippen molar-refractivity contribution in [1.29, 1.82) is 0 Å². The molecule has 1 N–H and O–H groups in total. The van der Waals surface area contributed by atoms with Crippen molar-refractivity contribution in [2.75, 3.05) is 13.2 Å². The fourth-order valence-electron chi connectivity index (χ4n) is 3.96. The van der Waals surface area contributed by atoms with E-state index in [-0.39, 0.29) is 28.9 Å². The highest BCUT2D eigenvalue weighted by Crippen LogP contribution is 2.27. The normalized spacial score (nSPS) is 12.2. The summed E-state index contributed by atoms with van der Waals surface area (Å²) in [4.78, 5) is 23.8.